The van der Waals surface area contributed by atoms with Gasteiger partial charge in [0.25, 0.3) is 0 Å². The molecule has 0 aromatic heterocycles. The molecule has 2 aromatic carbocycles. The maximum absolute atomic E-state index is 13.7. The Hall–Kier alpha value is -3.60. The Bertz CT molecular complexity index is 1510. The van der Waals surface area contributed by atoms with E-state index < -0.39 is 65.4 Å². The molecule has 1 unspecified atom stereocenters. The lowest BCUT2D eigenvalue weighted by Gasteiger charge is -2.33. The van der Waals surface area contributed by atoms with Crippen LogP contribution in [0.15, 0.2) is 54.6 Å². The minimum Gasteiger partial charge on any atom is -0.495 e. The zero-order chi connectivity index (χ0) is 37.2. The first-order chi connectivity index (χ1) is 23.6. The highest BCUT2D eigenvalue weighted by atomic mass is 35.5. The number of halogens is 2. The molecule has 1 aliphatic rings. The number of carbonyl (C=O) groups is 4. The lowest BCUT2D eigenvalue weighted by atomic mass is 9.82. The van der Waals surface area contributed by atoms with Gasteiger partial charge in [0, 0.05) is 25.3 Å². The van der Waals surface area contributed by atoms with E-state index in [-0.39, 0.29) is 31.7 Å². The minimum absolute atomic E-state index is 0.0165. The highest BCUT2D eigenvalue weighted by molar-refractivity contribution is 6.32. The number of amides is 2. The average Bonchev–Trinajstić information content (AvgIpc) is 3.08. The third kappa shape index (κ3) is 11.5. The van der Waals surface area contributed by atoms with E-state index >= 15 is 0 Å². The van der Waals surface area contributed by atoms with Crippen molar-refractivity contribution in [3.05, 3.63) is 76.3 Å². The zero-order valence-corrected chi connectivity index (χ0v) is 31.3. The first-order valence-electron chi connectivity index (χ1n) is 16.9. The molecular formula is C38H50Cl2N2O8. The Balaban J connectivity index is 1.96. The summed E-state index contributed by atoms with van der Waals surface area (Å²) in [5.41, 5.74) is 1.05. The molecule has 2 aromatic rings. The Labute approximate surface area is 305 Å². The number of alkyl halides is 1. The Kier molecular flexibility index (Phi) is 15.2. The largest absolute Gasteiger partial charge is 0.495 e. The van der Waals surface area contributed by atoms with Gasteiger partial charge in [-0.15, -0.1) is 11.6 Å². The topological polar surface area (TPSA) is 140 Å². The van der Waals surface area contributed by atoms with E-state index in [9.17, 15) is 24.3 Å². The molecule has 1 heterocycles. The van der Waals surface area contributed by atoms with Crippen molar-refractivity contribution in [2.24, 2.45) is 23.2 Å². The van der Waals surface area contributed by atoms with E-state index in [1.54, 1.807) is 38.1 Å². The van der Waals surface area contributed by atoms with Crippen molar-refractivity contribution in [1.82, 2.24) is 10.6 Å². The molecule has 0 spiro atoms. The van der Waals surface area contributed by atoms with Gasteiger partial charge in [0.15, 0.2) is 6.10 Å². The highest BCUT2D eigenvalue weighted by Gasteiger charge is 2.38. The molecule has 3 rings (SSSR count). The van der Waals surface area contributed by atoms with Crippen molar-refractivity contribution in [2.45, 2.75) is 91.0 Å². The molecule has 2 amide bonds. The fourth-order valence-electron chi connectivity index (χ4n) is 5.55. The number of methoxy groups -OCH3 is 1. The summed E-state index contributed by atoms with van der Waals surface area (Å²) < 4.78 is 17.1. The summed E-state index contributed by atoms with van der Waals surface area (Å²) in [5, 5.41) is 17.2. The van der Waals surface area contributed by atoms with Crippen molar-refractivity contribution in [1.29, 1.82) is 0 Å². The van der Waals surface area contributed by atoms with Crippen LogP contribution >= 0.6 is 23.2 Å². The summed E-state index contributed by atoms with van der Waals surface area (Å²) in [7, 11) is 1.50. The van der Waals surface area contributed by atoms with E-state index in [0.717, 1.165) is 5.56 Å². The number of aliphatic hydroxyl groups excluding tert-OH is 1. The number of aliphatic hydroxyl groups is 1. The second-order valence-corrected chi connectivity index (χ2v) is 14.7. The van der Waals surface area contributed by atoms with Crippen LogP contribution in [0.2, 0.25) is 5.02 Å². The lowest BCUT2D eigenvalue weighted by Crippen LogP contribution is -2.51. The zero-order valence-electron chi connectivity index (χ0n) is 29.8. The van der Waals surface area contributed by atoms with Gasteiger partial charge >= 0.3 is 11.9 Å². The van der Waals surface area contributed by atoms with Gasteiger partial charge in [0.1, 0.15) is 17.9 Å². The molecule has 0 bridgehead atoms. The van der Waals surface area contributed by atoms with E-state index in [1.165, 1.54) is 13.2 Å². The van der Waals surface area contributed by atoms with Crippen molar-refractivity contribution in [3.8, 4) is 5.75 Å². The molecule has 3 N–H and O–H groups in total. The van der Waals surface area contributed by atoms with Crippen LogP contribution in [0.1, 0.15) is 77.2 Å². The van der Waals surface area contributed by atoms with Crippen molar-refractivity contribution >= 4 is 47.0 Å². The third-order valence-electron chi connectivity index (χ3n) is 9.04. The molecular weight excluding hydrogens is 683 g/mol. The van der Waals surface area contributed by atoms with Crippen LogP contribution in [0.25, 0.3) is 0 Å². The number of hydrogen-bond donors (Lipinski definition) is 3. The van der Waals surface area contributed by atoms with Crippen LogP contribution in [-0.2, 0) is 41.0 Å². The molecule has 0 aliphatic carbocycles. The first kappa shape index (κ1) is 40.8. The minimum atomic E-state index is -1.23. The standard InChI is InChI=1S/C38H50Cl2N2O8/c1-22(2)17-32-36(46)49-30(23(3)24(4)34(44)27-14-11-25(20-39)12-15-27)9-8-10-33(43)42-29(19-26-13-16-31(48-7)28(40)18-26)35(45)41-21-38(5,6)37(47)50-32/h8,10-16,18,22-24,29-30,32,34,44H,9,17,19-21H2,1-7H3,(H,41,45)(H,42,43)/b10-8+/t23-,24?,29-,30+,32+,34+/m1/s1. The number of ether oxygens (including phenoxy) is 3. The molecule has 0 fully saturated rings. The number of cyclic esters (lactones) is 2. The van der Waals surface area contributed by atoms with Gasteiger partial charge < -0.3 is 30.0 Å². The highest BCUT2D eigenvalue weighted by Crippen LogP contribution is 2.33. The van der Waals surface area contributed by atoms with Gasteiger partial charge in [-0.05, 0) is 72.9 Å². The number of benzene rings is 2. The molecule has 10 nitrogen and oxygen atoms in total. The quantitative estimate of drug-likeness (QED) is 0.197. The Morgan fingerprint density at radius 1 is 1.00 bits per heavy atom. The summed E-state index contributed by atoms with van der Waals surface area (Å²) in [6, 6.07) is 11.4. The van der Waals surface area contributed by atoms with Crippen LogP contribution in [0.3, 0.4) is 0 Å². The predicted molar refractivity (Wildman–Crippen MR) is 193 cm³/mol. The summed E-state index contributed by atoms with van der Waals surface area (Å²) in [6.45, 7) is 10.6. The molecule has 0 saturated heterocycles. The molecule has 0 radical (unpaired) electrons. The summed E-state index contributed by atoms with van der Waals surface area (Å²) in [5.74, 6) is -2.47. The van der Waals surface area contributed by atoms with Crippen LogP contribution < -0.4 is 15.4 Å². The Morgan fingerprint density at radius 3 is 2.26 bits per heavy atom. The maximum Gasteiger partial charge on any atom is 0.347 e. The number of nitrogens with one attached hydrogen (secondary N) is 2. The molecule has 1 aliphatic heterocycles. The number of rotatable bonds is 10. The van der Waals surface area contributed by atoms with Gasteiger partial charge in [-0.1, -0.05) is 75.7 Å². The van der Waals surface area contributed by atoms with Gasteiger partial charge in [-0.2, -0.15) is 0 Å². The number of carbonyl (C=O) groups excluding carboxylic acids is 4. The summed E-state index contributed by atoms with van der Waals surface area (Å²) >= 11 is 12.3. The summed E-state index contributed by atoms with van der Waals surface area (Å²) in [6.07, 6.45) is 0.395. The maximum atomic E-state index is 13.7. The first-order valence-corrected chi connectivity index (χ1v) is 17.8. The van der Waals surface area contributed by atoms with Gasteiger partial charge in [0.2, 0.25) is 11.8 Å². The van der Waals surface area contributed by atoms with Crippen molar-refractivity contribution in [2.75, 3.05) is 13.7 Å². The number of esters is 2. The normalized spacial score (nSPS) is 23.1. The smallest absolute Gasteiger partial charge is 0.347 e. The third-order valence-corrected chi connectivity index (χ3v) is 9.64. The predicted octanol–water partition coefficient (Wildman–Crippen LogP) is 6.09. The van der Waals surface area contributed by atoms with Crippen LogP contribution in [0.5, 0.6) is 5.75 Å². The van der Waals surface area contributed by atoms with E-state index in [2.05, 4.69) is 10.6 Å². The van der Waals surface area contributed by atoms with Crippen molar-refractivity contribution < 1.29 is 38.5 Å². The SMILES string of the molecule is COc1ccc(C[C@H]2NC(=O)/C=C/C[C@@H]([C@H](C)C(C)[C@H](O)c3ccc(CCl)cc3)OC(=O)[C@H](CC(C)C)OC(=O)C(C)(C)CNC2=O)cc1Cl. The molecule has 274 valence electrons. The monoisotopic (exact) mass is 732 g/mol. The van der Waals surface area contributed by atoms with Gasteiger partial charge in [-0.3, -0.25) is 14.4 Å². The second kappa shape index (κ2) is 18.6. The second-order valence-electron chi connectivity index (χ2n) is 14.0. The van der Waals surface area contributed by atoms with E-state index in [1.807, 2.05) is 52.0 Å². The fourth-order valence-corrected chi connectivity index (χ4v) is 6.01. The van der Waals surface area contributed by atoms with Crippen molar-refractivity contribution in [3.63, 3.8) is 0 Å². The van der Waals surface area contributed by atoms with E-state index in [4.69, 9.17) is 37.4 Å². The lowest BCUT2D eigenvalue weighted by molar-refractivity contribution is -0.180. The number of hydrogen-bond acceptors (Lipinski definition) is 8. The average molecular weight is 734 g/mol. The van der Waals surface area contributed by atoms with Gasteiger partial charge in [0.05, 0.1) is 23.7 Å². The summed E-state index contributed by atoms with van der Waals surface area (Å²) in [4.78, 5) is 53.9. The van der Waals surface area contributed by atoms with E-state index in [0.29, 0.717) is 27.8 Å². The molecule has 0 saturated carbocycles. The fraction of sp³-hybridized carbons (Fsp3) is 0.526. The van der Waals surface area contributed by atoms with Crippen LogP contribution in [0.4, 0.5) is 0 Å². The van der Waals surface area contributed by atoms with Gasteiger partial charge in [-0.25, -0.2) is 4.79 Å². The molecule has 50 heavy (non-hydrogen) atoms. The Morgan fingerprint density at radius 2 is 1.66 bits per heavy atom. The molecule has 12 heteroatoms. The van der Waals surface area contributed by atoms with Crippen LogP contribution in [-0.4, -0.2) is 60.8 Å². The molecule has 6 atom stereocenters. The van der Waals surface area contributed by atoms with Crippen LogP contribution in [0, 0.1) is 23.2 Å².